The Labute approximate surface area is 134 Å². The fourth-order valence-electron chi connectivity index (χ4n) is 2.43. The van der Waals surface area contributed by atoms with E-state index in [1.165, 1.54) is 0 Å². The van der Waals surface area contributed by atoms with Gasteiger partial charge in [0.1, 0.15) is 5.75 Å². The Morgan fingerprint density at radius 3 is 2.61 bits per heavy atom. The average Bonchev–Trinajstić information content (AvgIpc) is 3.04. The zero-order chi connectivity index (χ0) is 16.1. The topological polar surface area (TPSA) is 71.7 Å². The summed E-state index contributed by atoms with van der Waals surface area (Å²) < 4.78 is 10.6. The molecule has 2 aromatic rings. The summed E-state index contributed by atoms with van der Waals surface area (Å²) in [4.78, 5) is 20.3. The van der Waals surface area contributed by atoms with Crippen molar-refractivity contribution in [2.24, 2.45) is 0 Å². The van der Waals surface area contributed by atoms with E-state index in [0.29, 0.717) is 31.3 Å². The maximum Gasteiger partial charge on any atom is 0.415 e. The molecule has 0 radical (unpaired) electrons. The number of carbonyl (C=O) groups is 1. The molecule has 1 aliphatic rings. The predicted molar refractivity (Wildman–Crippen MR) is 83.0 cm³/mol. The molecule has 0 spiro atoms. The highest BCUT2D eigenvalue weighted by Gasteiger charge is 2.23. The molecule has 0 saturated carbocycles. The van der Waals surface area contributed by atoms with Gasteiger partial charge in [0.05, 0.1) is 6.54 Å². The molecule has 7 nitrogen and oxygen atoms in total. The molecule has 0 N–H and O–H groups in total. The van der Waals surface area contributed by atoms with Gasteiger partial charge in [0.15, 0.2) is 5.82 Å². The molecule has 1 amide bonds. The number of nitrogens with zero attached hydrogens (tertiary/aromatic N) is 4. The van der Waals surface area contributed by atoms with Crippen molar-refractivity contribution < 1.29 is 14.1 Å². The van der Waals surface area contributed by atoms with Crippen LogP contribution >= 0.6 is 0 Å². The Morgan fingerprint density at radius 2 is 1.96 bits per heavy atom. The van der Waals surface area contributed by atoms with E-state index in [1.807, 2.05) is 25.1 Å². The standard InChI is InChI=1S/C16H20N4O3/c1-2-14-17-15(23-18-14)12-19-8-10-20(11-9-19)16(21)22-13-6-4-3-5-7-13/h3-7H,2,8-12H2,1H3. The number of aryl methyl sites for hydroxylation is 1. The molecule has 1 aliphatic heterocycles. The van der Waals surface area contributed by atoms with Crippen LogP contribution in [0.15, 0.2) is 34.9 Å². The fourth-order valence-corrected chi connectivity index (χ4v) is 2.43. The van der Waals surface area contributed by atoms with Crippen molar-refractivity contribution in [2.45, 2.75) is 19.9 Å². The van der Waals surface area contributed by atoms with E-state index >= 15 is 0 Å². The minimum absolute atomic E-state index is 0.304. The second kappa shape index (κ2) is 7.23. The number of rotatable bonds is 4. The van der Waals surface area contributed by atoms with Crippen LogP contribution in [-0.2, 0) is 13.0 Å². The summed E-state index contributed by atoms with van der Waals surface area (Å²) in [6.07, 6.45) is 0.463. The van der Waals surface area contributed by atoms with E-state index in [-0.39, 0.29) is 6.09 Å². The second-order valence-corrected chi connectivity index (χ2v) is 5.40. The minimum atomic E-state index is -0.304. The first-order chi connectivity index (χ1) is 11.2. The lowest BCUT2D eigenvalue weighted by molar-refractivity contribution is 0.102. The third-order valence-electron chi connectivity index (χ3n) is 3.76. The molecule has 1 fully saturated rings. The Kier molecular flexibility index (Phi) is 4.87. The normalized spacial score (nSPS) is 15.6. The van der Waals surface area contributed by atoms with E-state index < -0.39 is 0 Å². The van der Waals surface area contributed by atoms with Crippen LogP contribution in [0.25, 0.3) is 0 Å². The van der Waals surface area contributed by atoms with E-state index in [2.05, 4.69) is 15.0 Å². The van der Waals surface area contributed by atoms with E-state index in [9.17, 15) is 4.79 Å². The van der Waals surface area contributed by atoms with Crippen molar-refractivity contribution in [3.8, 4) is 5.75 Å². The summed E-state index contributed by atoms with van der Waals surface area (Å²) in [7, 11) is 0. The van der Waals surface area contributed by atoms with Gasteiger partial charge in [-0.15, -0.1) is 0 Å². The van der Waals surface area contributed by atoms with Gasteiger partial charge in [0.25, 0.3) is 0 Å². The van der Waals surface area contributed by atoms with Gasteiger partial charge in [-0.3, -0.25) is 4.90 Å². The van der Waals surface area contributed by atoms with Crippen LogP contribution in [-0.4, -0.2) is 52.2 Å². The van der Waals surface area contributed by atoms with Crippen LogP contribution in [0.5, 0.6) is 5.75 Å². The summed E-state index contributed by atoms with van der Waals surface area (Å²) in [5.41, 5.74) is 0. The van der Waals surface area contributed by atoms with Crippen molar-refractivity contribution in [3.05, 3.63) is 42.0 Å². The molecule has 1 saturated heterocycles. The molecular weight excluding hydrogens is 296 g/mol. The highest BCUT2D eigenvalue weighted by Crippen LogP contribution is 2.12. The molecule has 3 rings (SSSR count). The number of hydrogen-bond donors (Lipinski definition) is 0. The number of ether oxygens (including phenoxy) is 1. The first-order valence-electron chi connectivity index (χ1n) is 7.80. The summed E-state index contributed by atoms with van der Waals surface area (Å²) in [5.74, 6) is 1.92. The molecular formula is C16H20N4O3. The first kappa shape index (κ1) is 15.5. The average molecular weight is 316 g/mol. The molecule has 0 bridgehead atoms. The Balaban J connectivity index is 1.47. The van der Waals surface area contributed by atoms with Gasteiger partial charge in [-0.2, -0.15) is 4.98 Å². The van der Waals surface area contributed by atoms with Crippen LogP contribution in [0.2, 0.25) is 0 Å². The molecule has 122 valence electrons. The zero-order valence-corrected chi connectivity index (χ0v) is 13.1. The largest absolute Gasteiger partial charge is 0.415 e. The lowest BCUT2D eigenvalue weighted by Crippen LogP contribution is -2.49. The van der Waals surface area contributed by atoms with Gasteiger partial charge in [-0.1, -0.05) is 30.3 Å². The second-order valence-electron chi connectivity index (χ2n) is 5.40. The molecule has 0 atom stereocenters. The maximum atomic E-state index is 12.1. The first-order valence-corrected chi connectivity index (χ1v) is 7.80. The fraction of sp³-hybridized carbons (Fsp3) is 0.438. The molecule has 23 heavy (non-hydrogen) atoms. The number of carbonyl (C=O) groups excluding carboxylic acids is 1. The van der Waals surface area contributed by atoms with Crippen molar-refractivity contribution in [1.82, 2.24) is 19.9 Å². The summed E-state index contributed by atoms with van der Waals surface area (Å²) in [6.45, 7) is 5.38. The van der Waals surface area contributed by atoms with Gasteiger partial charge < -0.3 is 14.2 Å². The number of piperazine rings is 1. The number of para-hydroxylation sites is 1. The monoisotopic (exact) mass is 316 g/mol. The van der Waals surface area contributed by atoms with Gasteiger partial charge in [0, 0.05) is 32.6 Å². The third kappa shape index (κ3) is 4.07. The van der Waals surface area contributed by atoms with Gasteiger partial charge >= 0.3 is 6.09 Å². The lowest BCUT2D eigenvalue weighted by Gasteiger charge is -2.33. The Morgan fingerprint density at radius 1 is 1.22 bits per heavy atom. The molecule has 1 aromatic carbocycles. The molecule has 7 heteroatoms. The van der Waals surface area contributed by atoms with Crippen LogP contribution < -0.4 is 4.74 Å². The van der Waals surface area contributed by atoms with Crippen molar-refractivity contribution in [3.63, 3.8) is 0 Å². The van der Waals surface area contributed by atoms with Crippen molar-refractivity contribution in [1.29, 1.82) is 0 Å². The highest BCUT2D eigenvalue weighted by atomic mass is 16.6. The van der Waals surface area contributed by atoms with Gasteiger partial charge in [-0.05, 0) is 12.1 Å². The van der Waals surface area contributed by atoms with Crippen LogP contribution in [0, 0.1) is 0 Å². The minimum Gasteiger partial charge on any atom is -0.410 e. The Bertz CT molecular complexity index is 636. The molecule has 1 aromatic heterocycles. The number of aromatic nitrogens is 2. The van der Waals surface area contributed by atoms with E-state index in [0.717, 1.165) is 25.3 Å². The van der Waals surface area contributed by atoms with Crippen LogP contribution in [0.3, 0.4) is 0 Å². The zero-order valence-electron chi connectivity index (χ0n) is 13.1. The van der Waals surface area contributed by atoms with Gasteiger partial charge in [-0.25, -0.2) is 4.79 Å². The number of hydrogen-bond acceptors (Lipinski definition) is 6. The van der Waals surface area contributed by atoms with Crippen molar-refractivity contribution >= 4 is 6.09 Å². The SMILES string of the molecule is CCc1noc(CN2CCN(C(=O)Oc3ccccc3)CC2)n1. The molecule has 0 unspecified atom stereocenters. The summed E-state index contributed by atoms with van der Waals surface area (Å²) >= 11 is 0. The number of amides is 1. The third-order valence-corrected chi connectivity index (χ3v) is 3.76. The van der Waals surface area contributed by atoms with E-state index in [1.54, 1.807) is 17.0 Å². The van der Waals surface area contributed by atoms with Gasteiger partial charge in [0.2, 0.25) is 5.89 Å². The van der Waals surface area contributed by atoms with E-state index in [4.69, 9.17) is 9.26 Å². The Hall–Kier alpha value is -2.41. The van der Waals surface area contributed by atoms with Crippen LogP contribution in [0.1, 0.15) is 18.6 Å². The summed E-state index contributed by atoms with van der Waals surface area (Å²) in [5, 5.41) is 3.89. The lowest BCUT2D eigenvalue weighted by atomic mass is 10.3. The van der Waals surface area contributed by atoms with Crippen molar-refractivity contribution in [2.75, 3.05) is 26.2 Å². The molecule has 0 aliphatic carbocycles. The quantitative estimate of drug-likeness (QED) is 0.858. The molecule has 2 heterocycles. The smallest absolute Gasteiger partial charge is 0.410 e. The van der Waals surface area contributed by atoms with Crippen LogP contribution in [0.4, 0.5) is 4.79 Å². The highest BCUT2D eigenvalue weighted by molar-refractivity contribution is 5.70. The summed E-state index contributed by atoms with van der Waals surface area (Å²) in [6, 6.07) is 9.12. The number of benzene rings is 1. The maximum absolute atomic E-state index is 12.1. The predicted octanol–water partition coefficient (Wildman–Crippen LogP) is 1.95.